The summed E-state index contributed by atoms with van der Waals surface area (Å²) in [6.07, 6.45) is -0.706. The quantitative estimate of drug-likeness (QED) is 0.448. The van der Waals surface area contributed by atoms with E-state index in [4.69, 9.17) is 9.79 Å². The summed E-state index contributed by atoms with van der Waals surface area (Å²) in [7, 11) is -3.01. The number of urea groups is 1. The summed E-state index contributed by atoms with van der Waals surface area (Å²) >= 11 is 0. The molecular formula is C5H9N2O5P. The van der Waals surface area contributed by atoms with Crippen LogP contribution in [-0.2, 0) is 9.36 Å². The third-order valence-electron chi connectivity index (χ3n) is 1.61. The van der Waals surface area contributed by atoms with Gasteiger partial charge in [-0.1, -0.05) is 0 Å². The van der Waals surface area contributed by atoms with Crippen LogP contribution < -0.4 is 0 Å². The number of likely N-dealkylation sites (N-methyl/N-ethyl adjacent to an activating group) is 1. The molecule has 0 spiro atoms. The minimum atomic E-state index is -4.28. The second-order valence-corrected chi connectivity index (χ2v) is 4.35. The maximum atomic E-state index is 11.1. The molecule has 0 aromatic rings. The zero-order valence-corrected chi connectivity index (χ0v) is 7.77. The fourth-order valence-corrected chi connectivity index (χ4v) is 1.65. The Hall–Kier alpha value is -0.910. The minimum Gasteiger partial charge on any atom is -0.323 e. The monoisotopic (exact) mass is 208 g/mol. The molecule has 74 valence electrons. The Labute approximate surface area is 74.1 Å². The van der Waals surface area contributed by atoms with E-state index in [0.29, 0.717) is 0 Å². The van der Waals surface area contributed by atoms with Gasteiger partial charge >= 0.3 is 13.6 Å². The third kappa shape index (κ3) is 2.27. The summed E-state index contributed by atoms with van der Waals surface area (Å²) in [5.41, 5.74) is 0. The van der Waals surface area contributed by atoms with Crippen molar-refractivity contribution in [3.63, 3.8) is 0 Å². The van der Waals surface area contributed by atoms with Crippen LogP contribution in [-0.4, -0.2) is 51.4 Å². The van der Waals surface area contributed by atoms with Gasteiger partial charge in [0.05, 0.1) is 0 Å². The van der Waals surface area contributed by atoms with Crippen molar-refractivity contribution in [2.45, 2.75) is 0 Å². The fraction of sp³-hybridized carbons (Fsp3) is 0.600. The molecule has 1 fully saturated rings. The van der Waals surface area contributed by atoms with Crippen molar-refractivity contribution < 1.29 is 23.9 Å². The number of rotatable bonds is 2. The van der Waals surface area contributed by atoms with Crippen LogP contribution in [0.1, 0.15) is 0 Å². The lowest BCUT2D eigenvalue weighted by molar-refractivity contribution is -0.124. The third-order valence-corrected chi connectivity index (χ3v) is 2.32. The number of amides is 3. The van der Waals surface area contributed by atoms with E-state index in [1.807, 2.05) is 0 Å². The van der Waals surface area contributed by atoms with Gasteiger partial charge < -0.3 is 14.7 Å². The Morgan fingerprint density at radius 2 is 2.00 bits per heavy atom. The lowest BCUT2D eigenvalue weighted by Crippen LogP contribution is -2.30. The highest BCUT2D eigenvalue weighted by molar-refractivity contribution is 7.51. The van der Waals surface area contributed by atoms with Crippen molar-refractivity contribution in [3.05, 3.63) is 0 Å². The second-order valence-electron chi connectivity index (χ2n) is 2.74. The molecule has 13 heavy (non-hydrogen) atoms. The van der Waals surface area contributed by atoms with Crippen LogP contribution in [0.3, 0.4) is 0 Å². The predicted molar refractivity (Wildman–Crippen MR) is 41.8 cm³/mol. The van der Waals surface area contributed by atoms with Gasteiger partial charge in [-0.25, -0.2) is 4.79 Å². The van der Waals surface area contributed by atoms with Crippen LogP contribution in [0.5, 0.6) is 0 Å². The number of carbonyl (C=O) groups excluding carboxylic acids is 2. The zero-order valence-electron chi connectivity index (χ0n) is 6.88. The van der Waals surface area contributed by atoms with Gasteiger partial charge in [-0.3, -0.25) is 14.3 Å². The van der Waals surface area contributed by atoms with Gasteiger partial charge in [0.2, 0.25) is 5.91 Å². The van der Waals surface area contributed by atoms with E-state index < -0.39 is 25.8 Å². The number of imide groups is 1. The number of hydrogen-bond donors (Lipinski definition) is 2. The van der Waals surface area contributed by atoms with E-state index in [0.717, 1.165) is 9.80 Å². The summed E-state index contributed by atoms with van der Waals surface area (Å²) in [4.78, 5) is 40.7. The molecule has 0 bridgehead atoms. The summed E-state index contributed by atoms with van der Waals surface area (Å²) in [6, 6.07) is -0.673. The first-order chi connectivity index (χ1) is 5.81. The number of carbonyl (C=O) groups is 2. The van der Waals surface area contributed by atoms with E-state index in [9.17, 15) is 14.2 Å². The molecule has 1 rings (SSSR count). The van der Waals surface area contributed by atoms with Crippen LogP contribution in [0.2, 0.25) is 0 Å². The second kappa shape index (κ2) is 3.10. The van der Waals surface area contributed by atoms with Gasteiger partial charge in [-0.2, -0.15) is 0 Å². The van der Waals surface area contributed by atoms with Gasteiger partial charge in [0, 0.05) is 7.05 Å². The van der Waals surface area contributed by atoms with Crippen LogP contribution in [0.25, 0.3) is 0 Å². The molecule has 1 heterocycles. The molecule has 1 aliphatic heterocycles. The Bertz CT molecular complexity index is 297. The highest BCUT2D eigenvalue weighted by Gasteiger charge is 2.36. The molecule has 3 amide bonds. The smallest absolute Gasteiger partial charge is 0.323 e. The van der Waals surface area contributed by atoms with Crippen molar-refractivity contribution in [2.24, 2.45) is 0 Å². The lowest BCUT2D eigenvalue weighted by Gasteiger charge is -2.14. The maximum Gasteiger partial charge on any atom is 0.344 e. The topological polar surface area (TPSA) is 98.2 Å². The number of nitrogens with zero attached hydrogens (tertiary/aromatic N) is 2. The summed E-state index contributed by atoms with van der Waals surface area (Å²) < 4.78 is 10.5. The van der Waals surface area contributed by atoms with E-state index in [-0.39, 0.29) is 6.54 Å². The van der Waals surface area contributed by atoms with Gasteiger partial charge in [0.1, 0.15) is 12.8 Å². The van der Waals surface area contributed by atoms with Crippen LogP contribution in [0.15, 0.2) is 0 Å². The highest BCUT2D eigenvalue weighted by Crippen LogP contribution is 2.36. The molecule has 7 nitrogen and oxygen atoms in total. The molecule has 0 aliphatic carbocycles. The Morgan fingerprint density at radius 3 is 2.31 bits per heavy atom. The lowest BCUT2D eigenvalue weighted by atomic mass is 10.6. The van der Waals surface area contributed by atoms with E-state index in [1.165, 1.54) is 7.05 Å². The Morgan fingerprint density at radius 1 is 1.46 bits per heavy atom. The van der Waals surface area contributed by atoms with Gasteiger partial charge in [-0.15, -0.1) is 0 Å². The van der Waals surface area contributed by atoms with Crippen molar-refractivity contribution in [2.75, 3.05) is 19.9 Å². The zero-order chi connectivity index (χ0) is 10.2. The van der Waals surface area contributed by atoms with Crippen LogP contribution in [0, 0.1) is 0 Å². The first kappa shape index (κ1) is 10.2. The molecule has 8 heteroatoms. The van der Waals surface area contributed by atoms with E-state index in [1.54, 1.807) is 0 Å². The molecule has 0 atom stereocenters. The van der Waals surface area contributed by atoms with Gasteiger partial charge in [0.15, 0.2) is 0 Å². The SMILES string of the molecule is CN1C(=O)CN(CP(=O)(O)O)C1=O. The van der Waals surface area contributed by atoms with Gasteiger partial charge in [-0.05, 0) is 0 Å². The fourth-order valence-electron chi connectivity index (χ4n) is 0.989. The van der Waals surface area contributed by atoms with Crippen molar-refractivity contribution in [1.29, 1.82) is 0 Å². The predicted octanol–water partition coefficient (Wildman–Crippen LogP) is -0.984. The first-order valence-corrected chi connectivity index (χ1v) is 5.21. The maximum absolute atomic E-state index is 11.1. The van der Waals surface area contributed by atoms with Crippen LogP contribution in [0.4, 0.5) is 4.79 Å². The summed E-state index contributed by atoms with van der Waals surface area (Å²) in [5, 5.41) is 0. The average molecular weight is 208 g/mol. The molecule has 0 aromatic heterocycles. The van der Waals surface area contributed by atoms with Crippen molar-refractivity contribution >= 4 is 19.5 Å². The average Bonchev–Trinajstić information content (AvgIpc) is 2.15. The van der Waals surface area contributed by atoms with Crippen LogP contribution >= 0.6 is 7.60 Å². The Balaban J connectivity index is 2.70. The normalized spacial score (nSPS) is 18.7. The van der Waals surface area contributed by atoms with Crippen molar-refractivity contribution in [1.82, 2.24) is 9.80 Å². The first-order valence-electron chi connectivity index (χ1n) is 3.41. The molecule has 0 aromatic carbocycles. The molecular weight excluding hydrogens is 199 g/mol. The van der Waals surface area contributed by atoms with E-state index >= 15 is 0 Å². The molecule has 0 unspecified atom stereocenters. The molecule has 1 aliphatic rings. The minimum absolute atomic E-state index is 0.263. The molecule has 0 saturated carbocycles. The van der Waals surface area contributed by atoms with Crippen molar-refractivity contribution in [3.8, 4) is 0 Å². The Kier molecular flexibility index (Phi) is 2.42. The molecule has 0 radical (unpaired) electrons. The summed E-state index contributed by atoms with van der Waals surface area (Å²) in [6.45, 7) is -0.263. The molecule has 2 N–H and O–H groups in total. The van der Waals surface area contributed by atoms with E-state index in [2.05, 4.69) is 0 Å². The molecule has 1 saturated heterocycles. The summed E-state index contributed by atoms with van der Waals surface area (Å²) in [5.74, 6) is -0.460. The number of hydrogen-bond acceptors (Lipinski definition) is 3. The highest BCUT2D eigenvalue weighted by atomic mass is 31.2. The standard InChI is InChI=1S/C5H9N2O5P/c1-6-4(8)2-7(5(6)9)3-13(10,11)12/h2-3H2,1H3,(H2,10,11,12). The van der Waals surface area contributed by atoms with Gasteiger partial charge in [0.25, 0.3) is 0 Å². The largest absolute Gasteiger partial charge is 0.344 e.